The maximum Gasteiger partial charge on any atom is 0.221 e. The summed E-state index contributed by atoms with van der Waals surface area (Å²) in [6.45, 7) is 0. The van der Waals surface area contributed by atoms with Crippen molar-refractivity contribution in [3.8, 4) is 0 Å². The molecule has 0 aliphatic carbocycles. The van der Waals surface area contributed by atoms with Crippen molar-refractivity contribution >= 4 is 11.6 Å². The molecule has 3 N–H and O–H groups in total. The summed E-state index contributed by atoms with van der Waals surface area (Å²) in [5, 5.41) is 3.64. The van der Waals surface area contributed by atoms with Gasteiger partial charge in [-0.15, -0.1) is 0 Å². The highest BCUT2D eigenvalue weighted by molar-refractivity contribution is 5.78. The molecule has 1 aromatic rings. The van der Waals surface area contributed by atoms with Crippen LogP contribution >= 0.6 is 0 Å². The number of carbonyl (C=O) groups is 1. The fourth-order valence-electron chi connectivity index (χ4n) is 3.75. The lowest BCUT2D eigenvalue weighted by atomic mass is 9.97. The number of para-hydroxylation sites is 1. The van der Waals surface area contributed by atoms with E-state index in [-0.39, 0.29) is 5.91 Å². The standard InChI is InChI=1S/C16H23N3O/c1-19-13-6-7-14(19)10-12(9-13)18-15-5-3-2-4-11(15)8-16(17)20/h2-5,12-14,18H,6-10H2,1H3,(H2,17,20). The van der Waals surface area contributed by atoms with Crippen LogP contribution in [0.2, 0.25) is 0 Å². The molecule has 0 radical (unpaired) electrons. The van der Waals surface area contributed by atoms with Crippen LogP contribution in [0.15, 0.2) is 24.3 Å². The molecule has 2 atom stereocenters. The lowest BCUT2D eigenvalue weighted by molar-refractivity contribution is -0.117. The van der Waals surface area contributed by atoms with Gasteiger partial charge in [0.25, 0.3) is 0 Å². The molecule has 1 aromatic carbocycles. The maximum atomic E-state index is 11.2. The molecule has 2 fully saturated rings. The smallest absolute Gasteiger partial charge is 0.221 e. The molecule has 2 aliphatic rings. The molecule has 2 unspecified atom stereocenters. The molecule has 1 amide bonds. The van der Waals surface area contributed by atoms with E-state index >= 15 is 0 Å². The van der Waals surface area contributed by atoms with Gasteiger partial charge in [-0.1, -0.05) is 18.2 Å². The lowest BCUT2D eigenvalue weighted by Crippen LogP contribution is -2.44. The topological polar surface area (TPSA) is 58.4 Å². The molecule has 2 aliphatic heterocycles. The zero-order chi connectivity index (χ0) is 14.1. The Balaban J connectivity index is 1.71. The molecule has 108 valence electrons. The first kappa shape index (κ1) is 13.4. The summed E-state index contributed by atoms with van der Waals surface area (Å²) in [6, 6.07) is 9.95. The summed E-state index contributed by atoms with van der Waals surface area (Å²) in [5.41, 5.74) is 7.40. The van der Waals surface area contributed by atoms with Gasteiger partial charge in [-0.25, -0.2) is 0 Å². The van der Waals surface area contributed by atoms with Crippen molar-refractivity contribution in [3.63, 3.8) is 0 Å². The number of nitrogens with two attached hydrogens (primary N) is 1. The Morgan fingerprint density at radius 3 is 2.60 bits per heavy atom. The molecule has 0 saturated carbocycles. The third-order valence-electron chi connectivity index (χ3n) is 4.84. The number of nitrogens with one attached hydrogen (secondary N) is 1. The highest BCUT2D eigenvalue weighted by Gasteiger charge is 2.38. The Labute approximate surface area is 120 Å². The molecule has 2 saturated heterocycles. The van der Waals surface area contributed by atoms with Crippen molar-refractivity contribution in [2.75, 3.05) is 12.4 Å². The second kappa shape index (κ2) is 5.44. The Morgan fingerprint density at radius 2 is 1.95 bits per heavy atom. The van der Waals surface area contributed by atoms with Crippen molar-refractivity contribution in [3.05, 3.63) is 29.8 Å². The van der Waals surface area contributed by atoms with Crippen molar-refractivity contribution in [1.29, 1.82) is 0 Å². The Morgan fingerprint density at radius 1 is 1.30 bits per heavy atom. The van der Waals surface area contributed by atoms with Crippen molar-refractivity contribution in [2.24, 2.45) is 5.73 Å². The van der Waals surface area contributed by atoms with Crippen molar-refractivity contribution in [2.45, 2.75) is 50.2 Å². The van der Waals surface area contributed by atoms with Crippen LogP contribution < -0.4 is 11.1 Å². The average molecular weight is 273 g/mol. The van der Waals surface area contributed by atoms with E-state index in [0.29, 0.717) is 12.5 Å². The summed E-state index contributed by atoms with van der Waals surface area (Å²) >= 11 is 0. The van der Waals surface area contributed by atoms with Crippen molar-refractivity contribution in [1.82, 2.24) is 4.90 Å². The molecular weight excluding hydrogens is 250 g/mol. The van der Waals surface area contributed by atoms with E-state index in [9.17, 15) is 4.79 Å². The van der Waals surface area contributed by atoms with Crippen LogP contribution in [-0.4, -0.2) is 36.0 Å². The number of carbonyl (C=O) groups excluding carboxylic acids is 1. The first-order valence-electron chi connectivity index (χ1n) is 7.48. The van der Waals surface area contributed by atoms with E-state index in [0.717, 1.165) is 23.3 Å². The molecule has 2 bridgehead atoms. The minimum Gasteiger partial charge on any atom is -0.382 e. The largest absolute Gasteiger partial charge is 0.382 e. The molecule has 0 aromatic heterocycles. The second-order valence-electron chi connectivity index (χ2n) is 6.16. The van der Waals surface area contributed by atoms with Gasteiger partial charge in [0.05, 0.1) is 6.42 Å². The number of piperidine rings is 1. The first-order chi connectivity index (χ1) is 9.63. The predicted octanol–water partition coefficient (Wildman–Crippen LogP) is 1.75. The number of hydrogen-bond donors (Lipinski definition) is 2. The Hall–Kier alpha value is -1.55. The van der Waals surface area contributed by atoms with Gasteiger partial charge in [-0.2, -0.15) is 0 Å². The quantitative estimate of drug-likeness (QED) is 0.878. The summed E-state index contributed by atoms with van der Waals surface area (Å²) in [6.07, 6.45) is 5.34. The van der Waals surface area contributed by atoms with Crippen LogP contribution in [0, 0.1) is 0 Å². The summed E-state index contributed by atoms with van der Waals surface area (Å²) in [7, 11) is 2.25. The first-order valence-corrected chi connectivity index (χ1v) is 7.48. The number of primary amides is 1. The van der Waals surface area contributed by atoms with Gasteiger partial charge in [-0.05, 0) is 44.4 Å². The minimum absolute atomic E-state index is 0.275. The minimum atomic E-state index is -0.275. The SMILES string of the molecule is CN1C2CCC1CC(Nc1ccccc1CC(N)=O)C2. The number of anilines is 1. The third-order valence-corrected chi connectivity index (χ3v) is 4.84. The predicted molar refractivity (Wildman–Crippen MR) is 80.6 cm³/mol. The van der Waals surface area contributed by atoms with E-state index in [1.54, 1.807) is 0 Å². The van der Waals surface area contributed by atoms with Gasteiger partial charge in [-0.3, -0.25) is 4.79 Å². The van der Waals surface area contributed by atoms with Gasteiger partial charge in [0.15, 0.2) is 0 Å². The Bertz CT molecular complexity index is 488. The van der Waals surface area contributed by atoms with Crippen molar-refractivity contribution < 1.29 is 4.79 Å². The number of benzene rings is 1. The molecular formula is C16H23N3O. The second-order valence-corrected chi connectivity index (χ2v) is 6.16. The molecule has 0 spiro atoms. The highest BCUT2D eigenvalue weighted by Crippen LogP contribution is 2.35. The zero-order valence-corrected chi connectivity index (χ0v) is 12.0. The van der Waals surface area contributed by atoms with Crippen LogP contribution in [0.3, 0.4) is 0 Å². The van der Waals surface area contributed by atoms with Gasteiger partial charge in [0, 0.05) is 23.8 Å². The van der Waals surface area contributed by atoms with Crippen LogP contribution in [-0.2, 0) is 11.2 Å². The van der Waals surface area contributed by atoms with Gasteiger partial charge in [0.2, 0.25) is 5.91 Å². The van der Waals surface area contributed by atoms with E-state index in [4.69, 9.17) is 5.73 Å². The monoisotopic (exact) mass is 273 g/mol. The van der Waals surface area contributed by atoms with Gasteiger partial charge >= 0.3 is 0 Å². The highest BCUT2D eigenvalue weighted by atomic mass is 16.1. The maximum absolute atomic E-state index is 11.2. The molecule has 4 heteroatoms. The number of hydrogen-bond acceptors (Lipinski definition) is 3. The number of fused-ring (bicyclic) bond motifs is 2. The van der Waals surface area contributed by atoms with Gasteiger partial charge < -0.3 is 16.0 Å². The summed E-state index contributed by atoms with van der Waals surface area (Å²) in [5.74, 6) is -0.275. The molecule has 4 nitrogen and oxygen atoms in total. The van der Waals surface area contributed by atoms with Crippen LogP contribution in [0.1, 0.15) is 31.2 Å². The summed E-state index contributed by atoms with van der Waals surface area (Å²) in [4.78, 5) is 13.7. The van der Waals surface area contributed by atoms with E-state index in [2.05, 4.69) is 23.3 Å². The molecule has 20 heavy (non-hydrogen) atoms. The number of rotatable bonds is 4. The number of nitrogens with zero attached hydrogens (tertiary/aromatic N) is 1. The molecule has 2 heterocycles. The van der Waals surface area contributed by atoms with E-state index in [1.807, 2.05) is 18.2 Å². The van der Waals surface area contributed by atoms with Crippen LogP contribution in [0.5, 0.6) is 0 Å². The van der Waals surface area contributed by atoms with Gasteiger partial charge in [0.1, 0.15) is 0 Å². The zero-order valence-electron chi connectivity index (χ0n) is 12.0. The fourth-order valence-corrected chi connectivity index (χ4v) is 3.75. The normalized spacial score (nSPS) is 29.4. The third kappa shape index (κ3) is 2.66. The summed E-state index contributed by atoms with van der Waals surface area (Å²) < 4.78 is 0. The fraction of sp³-hybridized carbons (Fsp3) is 0.562. The number of amides is 1. The lowest BCUT2D eigenvalue weighted by Gasteiger charge is -2.37. The average Bonchev–Trinajstić information content (AvgIpc) is 2.63. The molecule has 3 rings (SSSR count). The van der Waals surface area contributed by atoms with E-state index < -0.39 is 0 Å². The van der Waals surface area contributed by atoms with E-state index in [1.165, 1.54) is 25.7 Å². The van der Waals surface area contributed by atoms with Crippen LogP contribution in [0.4, 0.5) is 5.69 Å². The van der Waals surface area contributed by atoms with Crippen LogP contribution in [0.25, 0.3) is 0 Å². The Kier molecular flexibility index (Phi) is 3.66.